The van der Waals surface area contributed by atoms with E-state index in [9.17, 15) is 4.39 Å². The van der Waals surface area contributed by atoms with Crippen molar-refractivity contribution in [3.05, 3.63) is 35.1 Å². The molecule has 0 heterocycles. The first-order valence-corrected chi connectivity index (χ1v) is 7.57. The summed E-state index contributed by atoms with van der Waals surface area (Å²) in [5, 5.41) is 0. The lowest BCUT2D eigenvalue weighted by molar-refractivity contribution is 0.204. The van der Waals surface area contributed by atoms with E-state index in [2.05, 4.69) is 25.1 Å². The Morgan fingerprint density at radius 2 is 2.11 bits per heavy atom. The van der Waals surface area contributed by atoms with Crippen molar-refractivity contribution >= 4 is 11.8 Å². The highest BCUT2D eigenvalue weighted by atomic mass is 32.2. The molecule has 0 bridgehead atoms. The lowest BCUT2D eigenvalue weighted by atomic mass is 10.0. The topological polar surface area (TPSA) is 29.3 Å². The fourth-order valence-corrected chi connectivity index (χ4v) is 2.80. The van der Waals surface area contributed by atoms with Gasteiger partial charge in [-0.25, -0.2) is 4.39 Å². The first-order chi connectivity index (χ1) is 8.51. The molecule has 0 aliphatic carbocycles. The molecule has 2 unspecified atom stereocenters. The zero-order valence-corrected chi connectivity index (χ0v) is 12.4. The molecule has 0 amide bonds. The number of halogens is 1. The highest BCUT2D eigenvalue weighted by Gasteiger charge is 2.20. The van der Waals surface area contributed by atoms with Crippen molar-refractivity contribution in [1.29, 1.82) is 0 Å². The molecule has 0 saturated heterocycles. The maximum Gasteiger partial charge on any atom is 0.126 e. The molecule has 1 rings (SSSR count). The summed E-state index contributed by atoms with van der Waals surface area (Å²) in [6.07, 6.45) is 2.10. The number of benzene rings is 1. The van der Waals surface area contributed by atoms with Crippen LogP contribution < -0.4 is 5.73 Å². The first kappa shape index (κ1) is 15.5. The van der Waals surface area contributed by atoms with Crippen LogP contribution >= 0.6 is 11.8 Å². The summed E-state index contributed by atoms with van der Waals surface area (Å²) in [4.78, 5) is 2.27. The molecule has 2 N–H and O–H groups in total. The molecule has 0 radical (unpaired) electrons. The van der Waals surface area contributed by atoms with Gasteiger partial charge in [-0.15, -0.1) is 0 Å². The van der Waals surface area contributed by atoms with E-state index in [1.165, 1.54) is 6.07 Å². The standard InChI is InChI=1S/C14H23FN2S/c1-10-7-12(5-6-13(10)15)14(8-16)17(3)11(2)9-18-4/h5-7,11,14H,8-9,16H2,1-4H3. The molecule has 2 nitrogen and oxygen atoms in total. The van der Waals surface area contributed by atoms with Crippen LogP contribution in [0.3, 0.4) is 0 Å². The number of thioether (sulfide) groups is 1. The third-order valence-corrected chi connectivity index (χ3v) is 4.20. The Hall–Kier alpha value is -0.580. The Balaban J connectivity index is 2.91. The van der Waals surface area contributed by atoms with E-state index in [0.717, 1.165) is 11.3 Å². The fraction of sp³-hybridized carbons (Fsp3) is 0.571. The van der Waals surface area contributed by atoms with Gasteiger partial charge in [0, 0.05) is 24.4 Å². The van der Waals surface area contributed by atoms with Crippen LogP contribution in [0.5, 0.6) is 0 Å². The number of likely N-dealkylation sites (N-methyl/N-ethyl adjacent to an activating group) is 1. The lowest BCUT2D eigenvalue weighted by Crippen LogP contribution is -2.38. The summed E-state index contributed by atoms with van der Waals surface area (Å²) in [5.41, 5.74) is 7.65. The zero-order chi connectivity index (χ0) is 13.7. The smallest absolute Gasteiger partial charge is 0.126 e. The minimum atomic E-state index is -0.158. The predicted octanol–water partition coefficient (Wildman–Crippen LogP) is 2.82. The van der Waals surface area contributed by atoms with Gasteiger partial charge < -0.3 is 5.73 Å². The van der Waals surface area contributed by atoms with Gasteiger partial charge in [-0.3, -0.25) is 4.90 Å². The first-order valence-electron chi connectivity index (χ1n) is 6.18. The Morgan fingerprint density at radius 1 is 1.44 bits per heavy atom. The minimum absolute atomic E-state index is 0.145. The molecule has 0 aromatic heterocycles. The average Bonchev–Trinajstić information content (AvgIpc) is 2.34. The van der Waals surface area contributed by atoms with Gasteiger partial charge >= 0.3 is 0 Å². The molecule has 2 atom stereocenters. The molecule has 0 saturated carbocycles. The molecule has 18 heavy (non-hydrogen) atoms. The van der Waals surface area contributed by atoms with Gasteiger partial charge in [0.15, 0.2) is 0 Å². The lowest BCUT2D eigenvalue weighted by Gasteiger charge is -2.32. The van der Waals surface area contributed by atoms with Crippen LogP contribution in [0.4, 0.5) is 4.39 Å². The highest BCUT2D eigenvalue weighted by Crippen LogP contribution is 2.23. The predicted molar refractivity (Wildman–Crippen MR) is 78.5 cm³/mol. The number of hydrogen-bond acceptors (Lipinski definition) is 3. The summed E-state index contributed by atoms with van der Waals surface area (Å²) in [6, 6.07) is 5.85. The summed E-state index contributed by atoms with van der Waals surface area (Å²) in [6.45, 7) is 4.52. The number of nitrogens with zero attached hydrogens (tertiary/aromatic N) is 1. The van der Waals surface area contributed by atoms with Crippen molar-refractivity contribution < 1.29 is 4.39 Å². The van der Waals surface area contributed by atoms with E-state index in [-0.39, 0.29) is 11.9 Å². The SMILES string of the molecule is CSCC(C)N(C)C(CN)c1ccc(F)c(C)c1. The molecule has 4 heteroatoms. The third kappa shape index (κ3) is 3.70. The average molecular weight is 270 g/mol. The number of aryl methyl sites for hydroxylation is 1. The van der Waals surface area contributed by atoms with E-state index >= 15 is 0 Å². The monoisotopic (exact) mass is 270 g/mol. The second-order valence-electron chi connectivity index (χ2n) is 4.73. The Morgan fingerprint density at radius 3 is 2.61 bits per heavy atom. The molecule has 0 spiro atoms. The Labute approximate surface area is 114 Å². The quantitative estimate of drug-likeness (QED) is 0.862. The normalized spacial score (nSPS) is 14.8. The van der Waals surface area contributed by atoms with Crippen LogP contribution in [0.1, 0.15) is 24.1 Å². The highest BCUT2D eigenvalue weighted by molar-refractivity contribution is 7.98. The molecule has 102 valence electrons. The number of hydrogen-bond donors (Lipinski definition) is 1. The summed E-state index contributed by atoms with van der Waals surface area (Å²) >= 11 is 1.82. The van der Waals surface area contributed by atoms with Crippen molar-refractivity contribution in [2.45, 2.75) is 25.9 Å². The van der Waals surface area contributed by atoms with Crippen LogP contribution in [0.25, 0.3) is 0 Å². The zero-order valence-electron chi connectivity index (χ0n) is 11.6. The van der Waals surface area contributed by atoms with E-state index in [4.69, 9.17) is 5.73 Å². The van der Waals surface area contributed by atoms with Crippen LogP contribution in [-0.2, 0) is 0 Å². The van der Waals surface area contributed by atoms with Crippen molar-refractivity contribution in [2.75, 3.05) is 25.6 Å². The van der Waals surface area contributed by atoms with Crippen LogP contribution in [0, 0.1) is 12.7 Å². The molecule has 0 aliphatic heterocycles. The van der Waals surface area contributed by atoms with Gasteiger partial charge in [0.05, 0.1) is 0 Å². The maximum atomic E-state index is 13.3. The second-order valence-corrected chi connectivity index (χ2v) is 5.64. The largest absolute Gasteiger partial charge is 0.329 e. The Kier molecular flexibility index (Phi) is 6.12. The van der Waals surface area contributed by atoms with E-state index in [0.29, 0.717) is 18.2 Å². The molecular weight excluding hydrogens is 247 g/mol. The minimum Gasteiger partial charge on any atom is -0.329 e. The van der Waals surface area contributed by atoms with E-state index < -0.39 is 0 Å². The molecule has 0 fully saturated rings. The van der Waals surface area contributed by atoms with Gasteiger partial charge in [0.1, 0.15) is 5.82 Å². The molecule has 0 aliphatic rings. The van der Waals surface area contributed by atoms with Crippen molar-refractivity contribution in [2.24, 2.45) is 5.73 Å². The second kappa shape index (κ2) is 7.12. The van der Waals surface area contributed by atoms with Crippen molar-refractivity contribution in [1.82, 2.24) is 4.90 Å². The van der Waals surface area contributed by atoms with Gasteiger partial charge in [0.2, 0.25) is 0 Å². The van der Waals surface area contributed by atoms with Crippen LogP contribution in [-0.4, -0.2) is 36.5 Å². The van der Waals surface area contributed by atoms with Crippen molar-refractivity contribution in [3.8, 4) is 0 Å². The number of rotatable bonds is 6. The molecule has 1 aromatic carbocycles. The van der Waals surface area contributed by atoms with Crippen LogP contribution in [0.2, 0.25) is 0 Å². The van der Waals surface area contributed by atoms with Gasteiger partial charge in [-0.05, 0) is 44.3 Å². The summed E-state index contributed by atoms with van der Waals surface area (Å²) in [5.74, 6) is 0.905. The van der Waals surface area contributed by atoms with Gasteiger partial charge in [0.25, 0.3) is 0 Å². The molecule has 1 aromatic rings. The van der Waals surface area contributed by atoms with Crippen molar-refractivity contribution in [3.63, 3.8) is 0 Å². The van der Waals surface area contributed by atoms with Gasteiger partial charge in [-0.1, -0.05) is 12.1 Å². The van der Waals surface area contributed by atoms with E-state index in [1.54, 1.807) is 6.92 Å². The summed E-state index contributed by atoms with van der Waals surface area (Å²) in [7, 11) is 2.08. The van der Waals surface area contributed by atoms with E-state index in [1.807, 2.05) is 23.9 Å². The van der Waals surface area contributed by atoms with Crippen LogP contribution in [0.15, 0.2) is 18.2 Å². The fourth-order valence-electron chi connectivity index (χ4n) is 2.08. The Bertz CT molecular complexity index is 384. The summed E-state index contributed by atoms with van der Waals surface area (Å²) < 4.78 is 13.3. The maximum absolute atomic E-state index is 13.3. The van der Waals surface area contributed by atoms with Gasteiger partial charge in [-0.2, -0.15) is 11.8 Å². The molecular formula is C14H23FN2S. The number of nitrogens with two attached hydrogens (primary N) is 1. The third-order valence-electron chi connectivity index (χ3n) is 3.38.